The zero-order valence-corrected chi connectivity index (χ0v) is 17.4. The molecule has 2 heterocycles. The number of nitrogens with zero attached hydrogens (tertiary/aromatic N) is 5. The third kappa shape index (κ3) is 6.17. The molecule has 0 radical (unpaired) electrons. The first-order valence-electron chi connectivity index (χ1n) is 8.21. The van der Waals surface area contributed by atoms with Crippen LogP contribution in [0.25, 0.3) is 0 Å². The maximum Gasteiger partial charge on any atom is 0.191 e. The minimum atomic E-state index is 0. The summed E-state index contributed by atoms with van der Waals surface area (Å²) in [6.45, 7) is 9.61. The van der Waals surface area contributed by atoms with E-state index >= 15 is 0 Å². The van der Waals surface area contributed by atoms with Crippen LogP contribution in [-0.4, -0.2) is 71.6 Å². The van der Waals surface area contributed by atoms with Crippen molar-refractivity contribution in [2.75, 3.05) is 39.9 Å². The Morgan fingerprint density at radius 1 is 1.33 bits per heavy atom. The van der Waals surface area contributed by atoms with Crippen LogP contribution >= 0.6 is 24.0 Å². The normalized spacial score (nSPS) is 17.5. The summed E-state index contributed by atoms with van der Waals surface area (Å²) < 4.78 is 7.35. The quantitative estimate of drug-likeness (QED) is 0.372. The number of ether oxygens (including phenoxy) is 1. The van der Waals surface area contributed by atoms with Gasteiger partial charge in [-0.1, -0.05) is 13.8 Å². The van der Waals surface area contributed by atoms with Crippen molar-refractivity contribution in [2.24, 2.45) is 18.0 Å². The largest absolute Gasteiger partial charge is 0.379 e. The Labute approximate surface area is 161 Å². The van der Waals surface area contributed by atoms with E-state index < -0.39 is 0 Å². The van der Waals surface area contributed by atoms with Crippen LogP contribution in [0.5, 0.6) is 0 Å². The van der Waals surface area contributed by atoms with E-state index in [-0.39, 0.29) is 24.0 Å². The van der Waals surface area contributed by atoms with Gasteiger partial charge in [-0.2, -0.15) is 0 Å². The molecule has 0 aromatic carbocycles. The summed E-state index contributed by atoms with van der Waals surface area (Å²) >= 11 is 0. The molecule has 8 nitrogen and oxygen atoms in total. The number of hydrogen-bond donors (Lipinski definition) is 2. The standard InChI is InChI=1S/C15H29N7O.HI/c1-12(2)13(22-5-7-23-8-6-22)9-17-15(16-3)18-10-14-20-19-11-21(14)4;/h11-13H,5-10H2,1-4H3,(H2,16,17,18);1H. The Morgan fingerprint density at radius 2 is 2.04 bits per heavy atom. The van der Waals surface area contributed by atoms with Crippen molar-refractivity contribution in [3.8, 4) is 0 Å². The molecule has 1 aliphatic rings. The van der Waals surface area contributed by atoms with Crippen molar-refractivity contribution in [3.63, 3.8) is 0 Å². The highest BCUT2D eigenvalue weighted by atomic mass is 127. The molecular formula is C15H30IN7O. The molecule has 1 aliphatic heterocycles. The van der Waals surface area contributed by atoms with Gasteiger partial charge in [0.25, 0.3) is 0 Å². The fourth-order valence-electron chi connectivity index (χ4n) is 2.75. The number of aryl methyl sites for hydroxylation is 1. The third-order valence-corrected chi connectivity index (χ3v) is 4.21. The second-order valence-electron chi connectivity index (χ2n) is 6.12. The SMILES string of the molecule is CN=C(NCc1nncn1C)NCC(C(C)C)N1CCOCC1.I. The highest BCUT2D eigenvalue weighted by Crippen LogP contribution is 2.12. The molecule has 2 N–H and O–H groups in total. The van der Waals surface area contributed by atoms with Crippen LogP contribution < -0.4 is 10.6 Å². The number of aromatic nitrogens is 3. The topological polar surface area (TPSA) is 79.6 Å². The van der Waals surface area contributed by atoms with Gasteiger partial charge in [0.2, 0.25) is 0 Å². The molecule has 0 aliphatic carbocycles. The van der Waals surface area contributed by atoms with Gasteiger partial charge in [-0.25, -0.2) is 0 Å². The first-order chi connectivity index (χ1) is 11.1. The number of morpholine rings is 1. The Balaban J connectivity index is 0.00000288. The molecule has 1 saturated heterocycles. The lowest BCUT2D eigenvalue weighted by molar-refractivity contribution is 0.00752. The monoisotopic (exact) mass is 451 g/mol. The molecule has 2 rings (SSSR count). The lowest BCUT2D eigenvalue weighted by Gasteiger charge is -2.37. The maximum atomic E-state index is 5.45. The number of hydrogen-bond acceptors (Lipinski definition) is 5. The number of aliphatic imine (C=N–C) groups is 1. The molecule has 1 atom stereocenters. The smallest absolute Gasteiger partial charge is 0.191 e. The van der Waals surface area contributed by atoms with Gasteiger partial charge in [-0.05, 0) is 5.92 Å². The predicted molar refractivity (Wildman–Crippen MR) is 106 cm³/mol. The summed E-state index contributed by atoms with van der Waals surface area (Å²) in [6, 6.07) is 0.465. The fraction of sp³-hybridized carbons (Fsp3) is 0.800. The van der Waals surface area contributed by atoms with Gasteiger partial charge < -0.3 is 19.9 Å². The van der Waals surface area contributed by atoms with E-state index in [0.29, 0.717) is 18.5 Å². The maximum absolute atomic E-state index is 5.45. The number of guanidine groups is 1. The average molecular weight is 451 g/mol. The first-order valence-corrected chi connectivity index (χ1v) is 8.21. The fourth-order valence-corrected chi connectivity index (χ4v) is 2.75. The van der Waals surface area contributed by atoms with Gasteiger partial charge in [0, 0.05) is 39.8 Å². The van der Waals surface area contributed by atoms with Crippen molar-refractivity contribution in [1.82, 2.24) is 30.3 Å². The van der Waals surface area contributed by atoms with Crippen LogP contribution in [0.1, 0.15) is 19.7 Å². The minimum Gasteiger partial charge on any atom is -0.379 e. The molecule has 0 amide bonds. The van der Waals surface area contributed by atoms with E-state index in [9.17, 15) is 0 Å². The van der Waals surface area contributed by atoms with Crippen molar-refractivity contribution in [3.05, 3.63) is 12.2 Å². The minimum absolute atomic E-state index is 0. The van der Waals surface area contributed by atoms with E-state index in [1.807, 2.05) is 11.6 Å². The molecule has 1 aromatic rings. The summed E-state index contributed by atoms with van der Waals surface area (Å²) in [5, 5.41) is 14.7. The molecule has 0 spiro atoms. The second kappa shape index (κ2) is 10.8. The molecule has 9 heteroatoms. The summed E-state index contributed by atoms with van der Waals surface area (Å²) in [4.78, 5) is 6.78. The van der Waals surface area contributed by atoms with Gasteiger partial charge in [-0.15, -0.1) is 34.2 Å². The highest BCUT2D eigenvalue weighted by Gasteiger charge is 2.23. The summed E-state index contributed by atoms with van der Waals surface area (Å²) in [7, 11) is 3.71. The Morgan fingerprint density at radius 3 is 2.58 bits per heavy atom. The van der Waals surface area contributed by atoms with E-state index in [1.165, 1.54) is 0 Å². The van der Waals surface area contributed by atoms with Crippen LogP contribution in [0.3, 0.4) is 0 Å². The van der Waals surface area contributed by atoms with Gasteiger partial charge in [-0.3, -0.25) is 9.89 Å². The van der Waals surface area contributed by atoms with Crippen LogP contribution in [0.4, 0.5) is 0 Å². The molecule has 1 fully saturated rings. The summed E-state index contributed by atoms with van der Waals surface area (Å²) in [6.07, 6.45) is 1.69. The first kappa shape index (κ1) is 21.1. The summed E-state index contributed by atoms with van der Waals surface area (Å²) in [5.41, 5.74) is 0. The lowest BCUT2D eigenvalue weighted by atomic mass is 10.0. The van der Waals surface area contributed by atoms with Crippen LogP contribution in [0.2, 0.25) is 0 Å². The zero-order valence-electron chi connectivity index (χ0n) is 15.0. The van der Waals surface area contributed by atoms with Crippen molar-refractivity contribution in [2.45, 2.75) is 26.4 Å². The number of halogens is 1. The van der Waals surface area contributed by atoms with Crippen molar-refractivity contribution < 1.29 is 4.74 Å². The molecule has 24 heavy (non-hydrogen) atoms. The number of rotatable bonds is 6. The molecular weight excluding hydrogens is 421 g/mol. The Bertz CT molecular complexity index is 500. The molecule has 1 unspecified atom stereocenters. The van der Waals surface area contributed by atoms with E-state index in [4.69, 9.17) is 4.74 Å². The second-order valence-corrected chi connectivity index (χ2v) is 6.12. The molecule has 0 bridgehead atoms. The van der Waals surface area contributed by atoms with Crippen molar-refractivity contribution >= 4 is 29.9 Å². The van der Waals surface area contributed by atoms with E-state index in [0.717, 1.165) is 44.6 Å². The third-order valence-electron chi connectivity index (χ3n) is 4.21. The molecule has 138 valence electrons. The van der Waals surface area contributed by atoms with Gasteiger partial charge in [0.1, 0.15) is 6.33 Å². The van der Waals surface area contributed by atoms with Crippen LogP contribution in [0.15, 0.2) is 11.3 Å². The number of nitrogens with one attached hydrogen (secondary N) is 2. The van der Waals surface area contributed by atoms with E-state index in [1.54, 1.807) is 13.4 Å². The highest BCUT2D eigenvalue weighted by molar-refractivity contribution is 14.0. The molecule has 0 saturated carbocycles. The van der Waals surface area contributed by atoms with Gasteiger partial charge >= 0.3 is 0 Å². The Hall–Kier alpha value is -0.940. The van der Waals surface area contributed by atoms with Crippen molar-refractivity contribution in [1.29, 1.82) is 0 Å². The molecule has 1 aromatic heterocycles. The summed E-state index contributed by atoms with van der Waals surface area (Å²) in [5.74, 6) is 2.23. The van der Waals surface area contributed by atoms with Gasteiger partial charge in [0.15, 0.2) is 11.8 Å². The Kier molecular flexibility index (Phi) is 9.52. The van der Waals surface area contributed by atoms with Crippen LogP contribution in [0, 0.1) is 5.92 Å². The average Bonchev–Trinajstić information content (AvgIpc) is 2.96. The van der Waals surface area contributed by atoms with Gasteiger partial charge in [0.05, 0.1) is 19.8 Å². The lowest BCUT2D eigenvalue weighted by Crippen LogP contribution is -2.52. The predicted octanol–water partition coefficient (Wildman–Crippen LogP) is 0.455. The zero-order chi connectivity index (χ0) is 16.7. The van der Waals surface area contributed by atoms with Crippen LogP contribution in [-0.2, 0) is 18.3 Å². The van der Waals surface area contributed by atoms with E-state index in [2.05, 4.69) is 44.6 Å².